The molecule has 0 spiro atoms. The van der Waals surface area contributed by atoms with Crippen LogP contribution in [0.2, 0.25) is 5.02 Å². The standard InChI is InChI=1S/C21H25ClN2O2S/c1-15-4-6-18(7-5-15)13-27-14-20(25)24(16(2)21(26)23-3)12-17-8-10-19(22)11-9-17/h4-11,16H,12-14H2,1-3H3,(H,23,26). The average molecular weight is 405 g/mol. The van der Waals surface area contributed by atoms with Crippen LogP contribution < -0.4 is 5.32 Å². The lowest BCUT2D eigenvalue weighted by Crippen LogP contribution is -2.47. The monoisotopic (exact) mass is 404 g/mol. The molecule has 2 amide bonds. The second kappa shape index (κ2) is 10.4. The van der Waals surface area contributed by atoms with Crippen LogP contribution in [0.4, 0.5) is 0 Å². The summed E-state index contributed by atoms with van der Waals surface area (Å²) in [6.45, 7) is 4.17. The van der Waals surface area contributed by atoms with E-state index >= 15 is 0 Å². The molecule has 0 radical (unpaired) electrons. The Bertz CT molecular complexity index is 763. The molecule has 0 saturated carbocycles. The van der Waals surface area contributed by atoms with Crippen LogP contribution in [0.25, 0.3) is 0 Å². The second-order valence-electron chi connectivity index (χ2n) is 6.42. The maximum atomic E-state index is 12.8. The molecular formula is C21H25ClN2O2S. The molecule has 0 aliphatic carbocycles. The number of carbonyl (C=O) groups is 2. The number of hydrogen-bond donors (Lipinski definition) is 1. The fraction of sp³-hybridized carbons (Fsp3) is 0.333. The van der Waals surface area contributed by atoms with Crippen LogP contribution >= 0.6 is 23.4 Å². The van der Waals surface area contributed by atoms with Crippen molar-refractivity contribution in [2.75, 3.05) is 12.8 Å². The third-order valence-electron chi connectivity index (χ3n) is 4.29. The van der Waals surface area contributed by atoms with Crippen LogP contribution in [-0.4, -0.2) is 35.6 Å². The van der Waals surface area contributed by atoms with E-state index in [1.165, 1.54) is 11.1 Å². The first-order chi connectivity index (χ1) is 12.9. The van der Waals surface area contributed by atoms with Crippen molar-refractivity contribution >= 4 is 35.2 Å². The highest BCUT2D eigenvalue weighted by Crippen LogP contribution is 2.17. The zero-order valence-electron chi connectivity index (χ0n) is 15.9. The van der Waals surface area contributed by atoms with Gasteiger partial charge >= 0.3 is 0 Å². The SMILES string of the molecule is CNC(=O)C(C)N(Cc1ccc(Cl)cc1)C(=O)CSCc1ccc(C)cc1. The van der Waals surface area contributed by atoms with Gasteiger partial charge in [0.1, 0.15) is 6.04 Å². The number of amides is 2. The number of thioether (sulfide) groups is 1. The van der Waals surface area contributed by atoms with Crippen molar-refractivity contribution in [2.45, 2.75) is 32.2 Å². The highest BCUT2D eigenvalue weighted by atomic mass is 35.5. The Morgan fingerprint density at radius 2 is 1.67 bits per heavy atom. The Balaban J connectivity index is 2.02. The molecule has 2 aromatic rings. The van der Waals surface area contributed by atoms with Crippen molar-refractivity contribution in [2.24, 2.45) is 0 Å². The number of benzene rings is 2. The zero-order valence-corrected chi connectivity index (χ0v) is 17.4. The minimum absolute atomic E-state index is 0.0573. The van der Waals surface area contributed by atoms with Gasteiger partial charge in [0.2, 0.25) is 11.8 Å². The summed E-state index contributed by atoms with van der Waals surface area (Å²) in [5.41, 5.74) is 3.34. The quantitative estimate of drug-likeness (QED) is 0.722. The lowest BCUT2D eigenvalue weighted by molar-refractivity contribution is -0.138. The number of likely N-dealkylation sites (N-methyl/N-ethyl adjacent to an activating group) is 1. The third kappa shape index (κ3) is 6.60. The molecule has 2 rings (SSSR count). The summed E-state index contributed by atoms with van der Waals surface area (Å²) in [5, 5.41) is 3.26. The Morgan fingerprint density at radius 1 is 1.07 bits per heavy atom. The van der Waals surface area contributed by atoms with Crippen LogP contribution in [0.5, 0.6) is 0 Å². The molecule has 0 saturated heterocycles. The summed E-state index contributed by atoms with van der Waals surface area (Å²) in [6.07, 6.45) is 0. The maximum Gasteiger partial charge on any atom is 0.242 e. The normalized spacial score (nSPS) is 11.7. The molecule has 0 fully saturated rings. The van der Waals surface area contributed by atoms with E-state index in [2.05, 4.69) is 36.5 Å². The lowest BCUT2D eigenvalue weighted by atomic mass is 10.1. The van der Waals surface area contributed by atoms with Crippen LogP contribution in [0.15, 0.2) is 48.5 Å². The van der Waals surface area contributed by atoms with Crippen LogP contribution in [-0.2, 0) is 21.9 Å². The summed E-state index contributed by atoms with van der Waals surface area (Å²) in [4.78, 5) is 26.5. The smallest absolute Gasteiger partial charge is 0.242 e. The molecular weight excluding hydrogens is 380 g/mol. The minimum atomic E-state index is -0.543. The Morgan fingerprint density at radius 3 is 2.26 bits per heavy atom. The molecule has 0 heterocycles. The summed E-state index contributed by atoms with van der Waals surface area (Å²) in [6, 6.07) is 15.1. The van der Waals surface area contributed by atoms with E-state index in [0.717, 1.165) is 11.3 Å². The number of halogens is 1. The molecule has 0 aliphatic rings. The Hall–Kier alpha value is -1.98. The molecule has 1 atom stereocenters. The molecule has 27 heavy (non-hydrogen) atoms. The Kier molecular flexibility index (Phi) is 8.20. The van der Waals surface area contributed by atoms with Gasteiger partial charge in [-0.3, -0.25) is 9.59 Å². The molecule has 0 aromatic heterocycles. The summed E-state index contributed by atoms with van der Waals surface area (Å²) in [7, 11) is 1.58. The van der Waals surface area contributed by atoms with Gasteiger partial charge in [-0.1, -0.05) is 53.6 Å². The zero-order chi connectivity index (χ0) is 19.8. The number of carbonyl (C=O) groups excluding carboxylic acids is 2. The maximum absolute atomic E-state index is 12.8. The van der Waals surface area contributed by atoms with Crippen molar-refractivity contribution < 1.29 is 9.59 Å². The van der Waals surface area contributed by atoms with Gasteiger partial charge in [-0.15, -0.1) is 11.8 Å². The van der Waals surface area contributed by atoms with Crippen LogP contribution in [0, 0.1) is 6.92 Å². The molecule has 0 aliphatic heterocycles. The van der Waals surface area contributed by atoms with Crippen LogP contribution in [0.3, 0.4) is 0 Å². The predicted molar refractivity (Wildman–Crippen MR) is 113 cm³/mol. The van der Waals surface area contributed by atoms with Crippen molar-refractivity contribution in [3.8, 4) is 0 Å². The van der Waals surface area contributed by atoms with E-state index in [1.54, 1.807) is 42.8 Å². The first kappa shape index (κ1) is 21.3. The summed E-state index contributed by atoms with van der Waals surface area (Å²) < 4.78 is 0. The average Bonchev–Trinajstić information content (AvgIpc) is 2.67. The van der Waals surface area contributed by atoms with E-state index in [-0.39, 0.29) is 11.8 Å². The van der Waals surface area contributed by atoms with E-state index in [1.807, 2.05) is 12.1 Å². The van der Waals surface area contributed by atoms with Gasteiger partial charge in [0.05, 0.1) is 5.75 Å². The fourth-order valence-corrected chi connectivity index (χ4v) is 3.60. The van der Waals surface area contributed by atoms with Gasteiger partial charge < -0.3 is 10.2 Å². The highest BCUT2D eigenvalue weighted by Gasteiger charge is 2.25. The molecule has 0 bridgehead atoms. The highest BCUT2D eigenvalue weighted by molar-refractivity contribution is 7.99. The van der Waals surface area contributed by atoms with Gasteiger partial charge in [-0.2, -0.15) is 0 Å². The molecule has 144 valence electrons. The van der Waals surface area contributed by atoms with Gasteiger partial charge in [-0.05, 0) is 37.1 Å². The third-order valence-corrected chi connectivity index (χ3v) is 5.54. The molecule has 1 unspecified atom stereocenters. The van der Waals surface area contributed by atoms with E-state index in [0.29, 0.717) is 17.3 Å². The van der Waals surface area contributed by atoms with E-state index in [4.69, 9.17) is 11.6 Å². The first-order valence-electron chi connectivity index (χ1n) is 8.79. The minimum Gasteiger partial charge on any atom is -0.357 e. The fourth-order valence-electron chi connectivity index (χ4n) is 2.60. The molecule has 6 heteroatoms. The number of nitrogens with one attached hydrogen (secondary N) is 1. The van der Waals surface area contributed by atoms with Gasteiger partial charge in [-0.25, -0.2) is 0 Å². The summed E-state index contributed by atoms with van der Waals surface area (Å²) in [5.74, 6) is 0.844. The molecule has 4 nitrogen and oxygen atoms in total. The number of rotatable bonds is 8. The number of nitrogens with zero attached hydrogens (tertiary/aromatic N) is 1. The van der Waals surface area contributed by atoms with Crippen molar-refractivity contribution in [1.82, 2.24) is 10.2 Å². The van der Waals surface area contributed by atoms with Gasteiger partial charge in [0.15, 0.2) is 0 Å². The predicted octanol–water partition coefficient (Wildman–Crippen LogP) is 4.04. The number of aryl methyl sites for hydroxylation is 1. The van der Waals surface area contributed by atoms with Crippen molar-refractivity contribution in [1.29, 1.82) is 0 Å². The van der Waals surface area contributed by atoms with Gasteiger partial charge in [0.25, 0.3) is 0 Å². The van der Waals surface area contributed by atoms with E-state index in [9.17, 15) is 9.59 Å². The van der Waals surface area contributed by atoms with Gasteiger partial charge in [0, 0.05) is 24.4 Å². The first-order valence-corrected chi connectivity index (χ1v) is 10.3. The topological polar surface area (TPSA) is 49.4 Å². The molecule has 2 aromatic carbocycles. The molecule has 1 N–H and O–H groups in total. The largest absolute Gasteiger partial charge is 0.357 e. The van der Waals surface area contributed by atoms with Crippen LogP contribution in [0.1, 0.15) is 23.6 Å². The Labute approximate surface area is 170 Å². The van der Waals surface area contributed by atoms with Crippen molar-refractivity contribution in [3.05, 3.63) is 70.2 Å². The van der Waals surface area contributed by atoms with Crippen molar-refractivity contribution in [3.63, 3.8) is 0 Å². The second-order valence-corrected chi connectivity index (χ2v) is 7.84. The lowest BCUT2D eigenvalue weighted by Gasteiger charge is -2.28. The summed E-state index contributed by atoms with van der Waals surface area (Å²) >= 11 is 7.49. The number of hydrogen-bond acceptors (Lipinski definition) is 3. The van der Waals surface area contributed by atoms with E-state index < -0.39 is 6.04 Å².